The third-order valence-electron chi connectivity index (χ3n) is 4.49. The van der Waals surface area contributed by atoms with Gasteiger partial charge in [0.05, 0.1) is 16.8 Å². The molecule has 4 aromatic rings. The van der Waals surface area contributed by atoms with E-state index in [1.54, 1.807) is 19.0 Å². The molecule has 0 saturated carbocycles. The lowest BCUT2D eigenvalue weighted by Crippen LogP contribution is -2.22. The fourth-order valence-electron chi connectivity index (χ4n) is 3.23. The first kappa shape index (κ1) is 16.1. The summed E-state index contributed by atoms with van der Waals surface area (Å²) in [7, 11) is 3.51. The minimum Gasteiger partial charge on any atom is -0.360 e. The van der Waals surface area contributed by atoms with Gasteiger partial charge in [-0.2, -0.15) is 0 Å². The van der Waals surface area contributed by atoms with Crippen molar-refractivity contribution < 1.29 is 9.32 Å². The Morgan fingerprint density at radius 2 is 1.73 bits per heavy atom. The van der Waals surface area contributed by atoms with Crippen LogP contribution in [-0.4, -0.2) is 35.0 Å². The summed E-state index contributed by atoms with van der Waals surface area (Å²) in [5.41, 5.74) is 4.77. The van der Waals surface area contributed by atoms with Gasteiger partial charge in [-0.25, -0.2) is 0 Å². The largest absolute Gasteiger partial charge is 0.360 e. The molecule has 0 aliphatic heterocycles. The van der Waals surface area contributed by atoms with E-state index in [4.69, 9.17) is 4.52 Å². The summed E-state index contributed by atoms with van der Waals surface area (Å²) in [6.07, 6.45) is 0. The first-order valence-corrected chi connectivity index (χ1v) is 8.42. The smallest absolute Gasteiger partial charge is 0.256 e. The van der Waals surface area contributed by atoms with Crippen molar-refractivity contribution in [2.24, 2.45) is 0 Å². The fourth-order valence-corrected chi connectivity index (χ4v) is 3.23. The number of fused-ring (bicyclic) bond motifs is 1. The van der Waals surface area contributed by atoms with Gasteiger partial charge in [-0.05, 0) is 13.0 Å². The molecule has 0 fully saturated rings. The molecule has 26 heavy (non-hydrogen) atoms. The maximum Gasteiger partial charge on any atom is 0.256 e. The van der Waals surface area contributed by atoms with Gasteiger partial charge in [-0.1, -0.05) is 53.7 Å². The zero-order valence-electron chi connectivity index (χ0n) is 14.9. The highest BCUT2D eigenvalue weighted by atomic mass is 16.5. The van der Waals surface area contributed by atoms with Crippen LogP contribution in [0, 0.1) is 6.92 Å². The first-order chi connectivity index (χ1) is 12.6. The van der Waals surface area contributed by atoms with E-state index in [2.05, 4.69) is 10.1 Å². The molecule has 0 atom stereocenters. The number of carbonyl (C=O) groups is 1. The number of para-hydroxylation sites is 1. The Morgan fingerprint density at radius 3 is 2.46 bits per heavy atom. The molecule has 0 spiro atoms. The Bertz CT molecular complexity index is 1090. The van der Waals surface area contributed by atoms with Gasteiger partial charge in [-0.3, -0.25) is 4.79 Å². The molecule has 2 aromatic heterocycles. The standard InChI is InChI=1S/C21H19N3O2/c1-13-17(19(23-26-13)14-9-5-4-6-10-14)20-18(21(25)24(2)3)15-11-7-8-12-16(15)22-20/h4-12,22H,1-3H3. The summed E-state index contributed by atoms with van der Waals surface area (Å²) in [6.45, 7) is 1.87. The molecule has 0 saturated heterocycles. The van der Waals surface area contributed by atoms with E-state index in [1.807, 2.05) is 61.5 Å². The van der Waals surface area contributed by atoms with Gasteiger partial charge in [0.25, 0.3) is 5.91 Å². The minimum atomic E-state index is -0.0583. The summed E-state index contributed by atoms with van der Waals surface area (Å²) in [5, 5.41) is 5.15. The van der Waals surface area contributed by atoms with Crippen molar-refractivity contribution in [3.8, 4) is 22.5 Å². The predicted octanol–water partition coefficient (Wildman–Crippen LogP) is 4.50. The predicted molar refractivity (Wildman–Crippen MR) is 102 cm³/mol. The highest BCUT2D eigenvalue weighted by Crippen LogP contribution is 2.38. The average molecular weight is 345 g/mol. The molecule has 0 radical (unpaired) electrons. The second-order valence-corrected chi connectivity index (χ2v) is 6.45. The van der Waals surface area contributed by atoms with E-state index in [0.717, 1.165) is 33.4 Å². The Hall–Kier alpha value is -3.34. The maximum absolute atomic E-state index is 12.9. The lowest BCUT2D eigenvalue weighted by Gasteiger charge is -2.12. The molecule has 4 rings (SSSR count). The second kappa shape index (κ2) is 6.19. The number of benzene rings is 2. The van der Waals surface area contributed by atoms with Crippen LogP contribution < -0.4 is 0 Å². The molecule has 0 bridgehead atoms. The molecular formula is C21H19N3O2. The van der Waals surface area contributed by atoms with Gasteiger partial charge in [0.1, 0.15) is 11.5 Å². The van der Waals surface area contributed by atoms with Crippen LogP contribution in [-0.2, 0) is 0 Å². The lowest BCUT2D eigenvalue weighted by molar-refractivity contribution is 0.0830. The van der Waals surface area contributed by atoms with Gasteiger partial charge in [-0.15, -0.1) is 0 Å². The number of hydrogen-bond donors (Lipinski definition) is 1. The summed E-state index contributed by atoms with van der Waals surface area (Å²) in [4.78, 5) is 17.9. The molecule has 5 heteroatoms. The highest BCUT2D eigenvalue weighted by Gasteiger charge is 2.26. The quantitative estimate of drug-likeness (QED) is 0.595. The summed E-state index contributed by atoms with van der Waals surface area (Å²) < 4.78 is 5.50. The maximum atomic E-state index is 12.9. The molecule has 5 nitrogen and oxygen atoms in total. The Kier molecular flexibility index (Phi) is 3.84. The van der Waals surface area contributed by atoms with Gasteiger partial charge in [0, 0.05) is 30.6 Å². The number of rotatable bonds is 3. The van der Waals surface area contributed by atoms with E-state index >= 15 is 0 Å². The number of nitrogens with zero attached hydrogens (tertiary/aromatic N) is 2. The number of aryl methyl sites for hydroxylation is 1. The van der Waals surface area contributed by atoms with Crippen LogP contribution in [0.4, 0.5) is 0 Å². The monoisotopic (exact) mass is 345 g/mol. The summed E-state index contributed by atoms with van der Waals surface area (Å²) in [6, 6.07) is 17.7. The number of carbonyl (C=O) groups excluding carboxylic acids is 1. The van der Waals surface area contributed by atoms with Crippen molar-refractivity contribution in [1.29, 1.82) is 0 Å². The first-order valence-electron chi connectivity index (χ1n) is 8.42. The molecular weight excluding hydrogens is 326 g/mol. The van der Waals surface area contributed by atoms with E-state index < -0.39 is 0 Å². The molecule has 0 aliphatic carbocycles. The van der Waals surface area contributed by atoms with E-state index in [9.17, 15) is 4.79 Å². The molecule has 0 aliphatic rings. The normalized spacial score (nSPS) is 11.0. The van der Waals surface area contributed by atoms with Crippen molar-refractivity contribution in [3.05, 3.63) is 65.9 Å². The zero-order valence-corrected chi connectivity index (χ0v) is 14.9. The Morgan fingerprint density at radius 1 is 1.04 bits per heavy atom. The Labute approximate surface area is 151 Å². The van der Waals surface area contributed by atoms with E-state index in [1.165, 1.54) is 0 Å². The molecule has 1 amide bonds. The van der Waals surface area contributed by atoms with Crippen LogP contribution in [0.5, 0.6) is 0 Å². The molecule has 2 aromatic carbocycles. The van der Waals surface area contributed by atoms with E-state index in [-0.39, 0.29) is 5.91 Å². The minimum absolute atomic E-state index is 0.0583. The topological polar surface area (TPSA) is 62.1 Å². The van der Waals surface area contributed by atoms with Crippen molar-refractivity contribution in [1.82, 2.24) is 15.0 Å². The van der Waals surface area contributed by atoms with Crippen molar-refractivity contribution >= 4 is 16.8 Å². The van der Waals surface area contributed by atoms with Crippen LogP contribution in [0.3, 0.4) is 0 Å². The van der Waals surface area contributed by atoms with Crippen LogP contribution in [0.25, 0.3) is 33.4 Å². The number of amides is 1. The average Bonchev–Trinajstić information content (AvgIpc) is 3.21. The third-order valence-corrected chi connectivity index (χ3v) is 4.49. The zero-order chi connectivity index (χ0) is 18.3. The number of aromatic nitrogens is 2. The number of hydrogen-bond acceptors (Lipinski definition) is 3. The number of H-pyrrole nitrogens is 1. The molecule has 1 N–H and O–H groups in total. The van der Waals surface area contributed by atoms with Crippen LogP contribution in [0.2, 0.25) is 0 Å². The molecule has 0 unspecified atom stereocenters. The summed E-state index contributed by atoms with van der Waals surface area (Å²) >= 11 is 0. The molecule has 2 heterocycles. The van der Waals surface area contributed by atoms with Gasteiger partial charge >= 0.3 is 0 Å². The van der Waals surface area contributed by atoms with Crippen molar-refractivity contribution in [3.63, 3.8) is 0 Å². The van der Waals surface area contributed by atoms with Gasteiger partial charge < -0.3 is 14.4 Å². The second-order valence-electron chi connectivity index (χ2n) is 6.45. The van der Waals surface area contributed by atoms with Crippen molar-refractivity contribution in [2.45, 2.75) is 6.92 Å². The van der Waals surface area contributed by atoms with Crippen LogP contribution in [0.1, 0.15) is 16.1 Å². The highest BCUT2D eigenvalue weighted by molar-refractivity contribution is 6.13. The van der Waals surface area contributed by atoms with Gasteiger partial charge in [0.2, 0.25) is 0 Å². The Balaban J connectivity index is 2.04. The van der Waals surface area contributed by atoms with Crippen LogP contribution in [0.15, 0.2) is 59.1 Å². The fraction of sp³-hybridized carbons (Fsp3) is 0.143. The number of nitrogens with one attached hydrogen (secondary N) is 1. The third kappa shape index (κ3) is 2.49. The lowest BCUT2D eigenvalue weighted by atomic mass is 9.99. The molecule has 130 valence electrons. The van der Waals surface area contributed by atoms with Crippen LogP contribution >= 0.6 is 0 Å². The number of aromatic amines is 1. The summed E-state index contributed by atoms with van der Waals surface area (Å²) in [5.74, 6) is 0.611. The SMILES string of the molecule is Cc1onc(-c2ccccc2)c1-c1[nH]c2ccccc2c1C(=O)N(C)C. The van der Waals surface area contributed by atoms with Gasteiger partial charge in [0.15, 0.2) is 0 Å². The van der Waals surface area contributed by atoms with Crippen molar-refractivity contribution in [2.75, 3.05) is 14.1 Å². The van der Waals surface area contributed by atoms with E-state index in [0.29, 0.717) is 11.3 Å².